The Kier molecular flexibility index (Phi) is 4.68. The third-order valence-electron chi connectivity index (χ3n) is 3.75. The van der Waals surface area contributed by atoms with Crippen molar-refractivity contribution in [3.8, 4) is 11.3 Å². The molecule has 23 heavy (non-hydrogen) atoms. The molecule has 4 nitrogen and oxygen atoms in total. The largest absolute Gasteiger partial charge is 0.345 e. The van der Waals surface area contributed by atoms with E-state index in [0.29, 0.717) is 18.5 Å². The van der Waals surface area contributed by atoms with Gasteiger partial charge in [0.1, 0.15) is 0 Å². The summed E-state index contributed by atoms with van der Waals surface area (Å²) < 4.78 is 29.0. The molecule has 0 spiro atoms. The van der Waals surface area contributed by atoms with E-state index in [4.69, 9.17) is 0 Å². The lowest BCUT2D eigenvalue weighted by atomic mass is 10.1. The van der Waals surface area contributed by atoms with Crippen molar-refractivity contribution in [3.63, 3.8) is 0 Å². The van der Waals surface area contributed by atoms with Crippen molar-refractivity contribution >= 4 is 17.2 Å². The molecule has 2 aromatic rings. The molecular weight excluding hydrogens is 322 g/mol. The van der Waals surface area contributed by atoms with Crippen LogP contribution in [0.5, 0.6) is 0 Å². The van der Waals surface area contributed by atoms with Crippen molar-refractivity contribution in [2.75, 3.05) is 13.1 Å². The minimum absolute atomic E-state index is 0.167. The van der Waals surface area contributed by atoms with E-state index in [0.717, 1.165) is 16.3 Å². The number of likely N-dealkylation sites (tertiary alicyclic amines) is 1. The van der Waals surface area contributed by atoms with Gasteiger partial charge < -0.3 is 9.64 Å². The summed E-state index contributed by atoms with van der Waals surface area (Å²) >= 11 is 1.55. The topological polar surface area (TPSA) is 42.4 Å². The molecule has 1 atom stereocenters. The summed E-state index contributed by atoms with van der Waals surface area (Å²) in [5.41, 5.74) is 2.24. The smallest absolute Gasteiger partial charge is 0.336 e. The van der Waals surface area contributed by atoms with Crippen molar-refractivity contribution in [1.82, 2.24) is 9.88 Å². The van der Waals surface area contributed by atoms with Crippen LogP contribution in [0.25, 0.3) is 11.3 Å². The van der Waals surface area contributed by atoms with Gasteiger partial charge in [-0.15, -0.1) is 11.3 Å². The van der Waals surface area contributed by atoms with E-state index in [-0.39, 0.29) is 12.5 Å². The first-order chi connectivity index (χ1) is 11.0. The molecule has 1 aliphatic heterocycles. The maximum absolute atomic E-state index is 12.5. The first-order valence-corrected chi connectivity index (χ1v) is 8.16. The van der Waals surface area contributed by atoms with E-state index in [1.54, 1.807) is 34.4 Å². The fourth-order valence-electron chi connectivity index (χ4n) is 2.66. The van der Waals surface area contributed by atoms with Gasteiger partial charge in [-0.05, 0) is 25.5 Å². The summed E-state index contributed by atoms with van der Waals surface area (Å²) in [5, 5.41) is 2.91. The van der Waals surface area contributed by atoms with Crippen LogP contribution in [0.3, 0.4) is 0 Å². The number of ether oxygens (including phenoxy) is 1. The molecule has 1 fully saturated rings. The molecule has 1 saturated heterocycles. The third-order valence-corrected chi connectivity index (χ3v) is 4.53. The van der Waals surface area contributed by atoms with E-state index in [2.05, 4.69) is 9.72 Å². The summed E-state index contributed by atoms with van der Waals surface area (Å²) in [5.74, 6) is -0.167. The van der Waals surface area contributed by atoms with E-state index in [9.17, 15) is 13.6 Å². The molecule has 1 aromatic heterocycles. The summed E-state index contributed by atoms with van der Waals surface area (Å²) in [4.78, 5) is 18.5. The van der Waals surface area contributed by atoms with Gasteiger partial charge in [0, 0.05) is 29.6 Å². The molecule has 1 amide bonds. The standard InChI is InChI=1S/C16H16F2N2O2S/c1-10-19-14(9-23-10)11-3-2-4-12(7-11)15(21)20-6-5-13(8-20)22-16(17)18/h2-4,7,9,13,16H,5-6,8H2,1H3/t13-/m0/s1. The average Bonchev–Trinajstić information content (AvgIpc) is 3.15. The Labute approximate surface area is 136 Å². The zero-order valence-corrected chi connectivity index (χ0v) is 13.4. The second-order valence-electron chi connectivity index (χ2n) is 5.39. The summed E-state index contributed by atoms with van der Waals surface area (Å²) in [6.07, 6.45) is -0.163. The Balaban J connectivity index is 1.73. The maximum Gasteiger partial charge on any atom is 0.345 e. The normalized spacial score (nSPS) is 17.9. The van der Waals surface area contributed by atoms with Gasteiger partial charge in [0.2, 0.25) is 0 Å². The van der Waals surface area contributed by atoms with Crippen molar-refractivity contribution in [3.05, 3.63) is 40.2 Å². The van der Waals surface area contributed by atoms with Gasteiger partial charge in [0.15, 0.2) is 0 Å². The van der Waals surface area contributed by atoms with E-state index in [1.165, 1.54) is 0 Å². The molecule has 2 heterocycles. The van der Waals surface area contributed by atoms with Crippen LogP contribution in [0.2, 0.25) is 0 Å². The Morgan fingerprint density at radius 3 is 3.00 bits per heavy atom. The number of rotatable bonds is 4. The number of thiazole rings is 1. The van der Waals surface area contributed by atoms with E-state index in [1.807, 2.05) is 18.4 Å². The van der Waals surface area contributed by atoms with Crippen LogP contribution in [-0.4, -0.2) is 41.6 Å². The number of carbonyl (C=O) groups excluding carboxylic acids is 1. The van der Waals surface area contributed by atoms with Crippen LogP contribution >= 0.6 is 11.3 Å². The molecule has 3 rings (SSSR count). The SMILES string of the molecule is Cc1nc(-c2cccc(C(=O)N3CC[C@H](OC(F)F)C3)c2)cs1. The summed E-state index contributed by atoms with van der Waals surface area (Å²) in [7, 11) is 0. The molecule has 1 aliphatic rings. The number of halogens is 2. The molecule has 0 aliphatic carbocycles. The van der Waals surface area contributed by atoms with Crippen LogP contribution < -0.4 is 0 Å². The van der Waals surface area contributed by atoms with E-state index >= 15 is 0 Å². The van der Waals surface area contributed by atoms with Crippen molar-refractivity contribution in [2.24, 2.45) is 0 Å². The Hall–Kier alpha value is -1.86. The monoisotopic (exact) mass is 338 g/mol. The highest BCUT2D eigenvalue weighted by Crippen LogP contribution is 2.24. The van der Waals surface area contributed by atoms with Crippen molar-refractivity contribution < 1.29 is 18.3 Å². The number of aromatic nitrogens is 1. The molecule has 0 radical (unpaired) electrons. The van der Waals surface area contributed by atoms with Gasteiger partial charge in [0.25, 0.3) is 5.91 Å². The van der Waals surface area contributed by atoms with Crippen LogP contribution in [0.1, 0.15) is 21.8 Å². The lowest BCUT2D eigenvalue weighted by Gasteiger charge is -2.17. The number of carbonyl (C=O) groups is 1. The summed E-state index contributed by atoms with van der Waals surface area (Å²) in [6.45, 7) is -0.248. The number of nitrogens with zero attached hydrogens (tertiary/aromatic N) is 2. The Morgan fingerprint density at radius 2 is 2.30 bits per heavy atom. The molecular formula is C16H16F2N2O2S. The molecule has 122 valence electrons. The predicted molar refractivity (Wildman–Crippen MR) is 83.7 cm³/mol. The molecule has 7 heteroatoms. The highest BCUT2D eigenvalue weighted by Gasteiger charge is 2.29. The van der Waals surface area contributed by atoms with Crippen LogP contribution in [0, 0.1) is 6.92 Å². The molecule has 0 N–H and O–H groups in total. The van der Waals surface area contributed by atoms with E-state index < -0.39 is 12.7 Å². The highest BCUT2D eigenvalue weighted by atomic mass is 32.1. The minimum Gasteiger partial charge on any atom is -0.336 e. The van der Waals surface area contributed by atoms with Crippen LogP contribution in [-0.2, 0) is 4.74 Å². The van der Waals surface area contributed by atoms with Crippen molar-refractivity contribution in [2.45, 2.75) is 26.1 Å². The fourth-order valence-corrected chi connectivity index (χ4v) is 3.28. The Bertz CT molecular complexity index is 705. The van der Waals surface area contributed by atoms with Gasteiger partial charge in [0.05, 0.1) is 16.8 Å². The first kappa shape index (κ1) is 16.0. The minimum atomic E-state index is -2.80. The number of amides is 1. The number of benzene rings is 1. The van der Waals surface area contributed by atoms with Gasteiger partial charge in [-0.2, -0.15) is 8.78 Å². The molecule has 0 unspecified atom stereocenters. The number of aryl methyl sites for hydroxylation is 1. The highest BCUT2D eigenvalue weighted by molar-refractivity contribution is 7.09. The summed E-state index contributed by atoms with van der Waals surface area (Å²) in [6, 6.07) is 7.23. The number of alkyl halides is 2. The lowest BCUT2D eigenvalue weighted by molar-refractivity contribution is -0.158. The maximum atomic E-state index is 12.5. The van der Waals surface area contributed by atoms with Gasteiger partial charge >= 0.3 is 6.61 Å². The van der Waals surface area contributed by atoms with Crippen LogP contribution in [0.4, 0.5) is 8.78 Å². The zero-order valence-electron chi connectivity index (χ0n) is 12.5. The molecule has 0 saturated carbocycles. The molecule has 0 bridgehead atoms. The first-order valence-electron chi connectivity index (χ1n) is 7.28. The molecule has 1 aromatic carbocycles. The average molecular weight is 338 g/mol. The van der Waals surface area contributed by atoms with Crippen molar-refractivity contribution in [1.29, 1.82) is 0 Å². The number of hydrogen-bond donors (Lipinski definition) is 0. The van der Waals surface area contributed by atoms with Gasteiger partial charge in [-0.3, -0.25) is 4.79 Å². The van der Waals surface area contributed by atoms with Gasteiger partial charge in [-0.25, -0.2) is 4.98 Å². The Morgan fingerprint density at radius 1 is 1.48 bits per heavy atom. The van der Waals surface area contributed by atoms with Crippen LogP contribution in [0.15, 0.2) is 29.6 Å². The van der Waals surface area contributed by atoms with Gasteiger partial charge in [-0.1, -0.05) is 12.1 Å². The second-order valence-corrected chi connectivity index (χ2v) is 6.45. The fraction of sp³-hybridized carbons (Fsp3) is 0.375. The lowest BCUT2D eigenvalue weighted by Crippen LogP contribution is -2.30. The zero-order chi connectivity index (χ0) is 16.4. The quantitative estimate of drug-likeness (QED) is 0.856. The predicted octanol–water partition coefficient (Wildman–Crippen LogP) is 3.57. The third kappa shape index (κ3) is 3.73. The second kappa shape index (κ2) is 6.72. The number of hydrogen-bond acceptors (Lipinski definition) is 4.